The van der Waals surface area contributed by atoms with E-state index in [9.17, 15) is 22.0 Å². The van der Waals surface area contributed by atoms with Gasteiger partial charge in [-0.05, 0) is 24.3 Å². The van der Waals surface area contributed by atoms with Crippen LogP contribution in [0.4, 0.5) is 14.5 Å². The van der Waals surface area contributed by atoms with Crippen molar-refractivity contribution in [3.05, 3.63) is 57.6 Å². The van der Waals surface area contributed by atoms with Crippen molar-refractivity contribution < 1.29 is 27.1 Å². The summed E-state index contributed by atoms with van der Waals surface area (Å²) in [5.74, 6) is -3.74. The van der Waals surface area contributed by atoms with Crippen LogP contribution in [0.2, 0.25) is 10.0 Å². The molecule has 2 N–H and O–H groups in total. The van der Waals surface area contributed by atoms with Crippen LogP contribution in [0.25, 0.3) is 0 Å². The predicted molar refractivity (Wildman–Crippen MR) is 80.6 cm³/mol. The lowest BCUT2D eigenvalue weighted by Crippen LogP contribution is -2.16. The fourth-order valence-electron chi connectivity index (χ4n) is 1.67. The van der Waals surface area contributed by atoms with Crippen LogP contribution in [0.3, 0.4) is 0 Å². The van der Waals surface area contributed by atoms with Gasteiger partial charge in [0.15, 0.2) is 0 Å². The van der Waals surface area contributed by atoms with Crippen LogP contribution in [0.15, 0.2) is 35.2 Å². The summed E-state index contributed by atoms with van der Waals surface area (Å²) in [4.78, 5) is 10.3. The van der Waals surface area contributed by atoms with Gasteiger partial charge in [-0.25, -0.2) is 22.0 Å². The van der Waals surface area contributed by atoms with Crippen molar-refractivity contribution in [1.29, 1.82) is 0 Å². The zero-order valence-electron chi connectivity index (χ0n) is 11.0. The number of rotatable bonds is 4. The van der Waals surface area contributed by atoms with E-state index < -0.39 is 48.8 Å². The third-order valence-corrected chi connectivity index (χ3v) is 5.02. The largest absolute Gasteiger partial charge is 0.478 e. The summed E-state index contributed by atoms with van der Waals surface area (Å²) in [5, 5.41) is 8.13. The van der Waals surface area contributed by atoms with Gasteiger partial charge < -0.3 is 5.11 Å². The number of hydrogen-bond donors (Lipinski definition) is 2. The van der Waals surface area contributed by atoms with Crippen LogP contribution in [0.1, 0.15) is 10.4 Å². The first-order valence-electron chi connectivity index (χ1n) is 5.82. The van der Waals surface area contributed by atoms with Gasteiger partial charge in [0.1, 0.15) is 22.2 Å². The fourth-order valence-corrected chi connectivity index (χ4v) is 3.56. The van der Waals surface area contributed by atoms with Gasteiger partial charge >= 0.3 is 5.97 Å². The molecule has 0 saturated carbocycles. The van der Waals surface area contributed by atoms with Gasteiger partial charge in [0, 0.05) is 0 Å². The molecule has 0 bridgehead atoms. The number of nitrogens with one attached hydrogen (secondary N) is 1. The van der Waals surface area contributed by atoms with Gasteiger partial charge in [-0.3, -0.25) is 4.72 Å². The molecule has 0 heterocycles. The van der Waals surface area contributed by atoms with E-state index in [4.69, 9.17) is 28.3 Å². The molecular weight excluding hydrogens is 375 g/mol. The van der Waals surface area contributed by atoms with Gasteiger partial charge in [-0.15, -0.1) is 0 Å². The molecule has 0 spiro atoms. The Labute approximate surface area is 139 Å². The predicted octanol–water partition coefficient (Wildman–Crippen LogP) is 3.77. The molecule has 0 aliphatic heterocycles. The van der Waals surface area contributed by atoms with E-state index in [1.54, 1.807) is 4.72 Å². The molecule has 23 heavy (non-hydrogen) atoms. The van der Waals surface area contributed by atoms with Gasteiger partial charge in [0.25, 0.3) is 10.0 Å². The summed E-state index contributed by atoms with van der Waals surface area (Å²) in [5.41, 5.74) is -1.37. The second-order valence-corrected chi connectivity index (χ2v) is 6.71. The Morgan fingerprint density at radius 1 is 1.13 bits per heavy atom. The van der Waals surface area contributed by atoms with Crippen LogP contribution in [-0.2, 0) is 10.0 Å². The maximum atomic E-state index is 13.6. The van der Waals surface area contributed by atoms with Crippen LogP contribution in [0.5, 0.6) is 0 Å². The van der Waals surface area contributed by atoms with E-state index in [0.29, 0.717) is 0 Å². The van der Waals surface area contributed by atoms with Crippen molar-refractivity contribution in [2.45, 2.75) is 4.90 Å². The molecule has 0 aliphatic carbocycles. The van der Waals surface area contributed by atoms with Crippen molar-refractivity contribution in [2.24, 2.45) is 0 Å². The first-order chi connectivity index (χ1) is 10.6. The minimum absolute atomic E-state index is 0.332. The third kappa shape index (κ3) is 3.54. The van der Waals surface area contributed by atoms with Crippen molar-refractivity contribution in [1.82, 2.24) is 0 Å². The highest BCUT2D eigenvalue weighted by Gasteiger charge is 2.25. The molecule has 2 rings (SSSR count). The number of aromatic carboxylic acids is 1. The van der Waals surface area contributed by atoms with Crippen molar-refractivity contribution in [2.75, 3.05) is 4.72 Å². The van der Waals surface area contributed by atoms with E-state index in [0.717, 1.165) is 30.3 Å². The molecule has 2 aromatic rings. The van der Waals surface area contributed by atoms with E-state index in [2.05, 4.69) is 0 Å². The third-order valence-electron chi connectivity index (χ3n) is 2.73. The monoisotopic (exact) mass is 381 g/mol. The number of halogens is 4. The van der Waals surface area contributed by atoms with Crippen molar-refractivity contribution >= 4 is 44.9 Å². The molecule has 2 aromatic carbocycles. The molecule has 0 radical (unpaired) electrons. The Morgan fingerprint density at radius 3 is 2.22 bits per heavy atom. The average Bonchev–Trinajstić information content (AvgIpc) is 2.45. The van der Waals surface area contributed by atoms with E-state index >= 15 is 0 Å². The van der Waals surface area contributed by atoms with Gasteiger partial charge in [-0.2, -0.15) is 0 Å². The minimum Gasteiger partial charge on any atom is -0.478 e. The molecule has 0 aromatic heterocycles. The first kappa shape index (κ1) is 17.5. The number of anilines is 1. The highest BCUT2D eigenvalue weighted by atomic mass is 35.5. The lowest BCUT2D eigenvalue weighted by atomic mass is 10.2. The summed E-state index contributed by atoms with van der Waals surface area (Å²) in [6.45, 7) is 0. The quantitative estimate of drug-likeness (QED) is 0.843. The summed E-state index contributed by atoms with van der Waals surface area (Å²) in [6, 6.07) is 4.44. The average molecular weight is 382 g/mol. The fraction of sp³-hybridized carbons (Fsp3) is 0. The summed E-state index contributed by atoms with van der Waals surface area (Å²) < 4.78 is 53.4. The highest BCUT2D eigenvalue weighted by Crippen LogP contribution is 2.32. The van der Waals surface area contributed by atoms with E-state index in [1.165, 1.54) is 0 Å². The van der Waals surface area contributed by atoms with E-state index in [1.807, 2.05) is 0 Å². The number of hydrogen-bond acceptors (Lipinski definition) is 3. The Bertz CT molecular complexity index is 883. The number of carboxylic acids is 1. The summed E-state index contributed by atoms with van der Waals surface area (Å²) in [7, 11) is -4.58. The molecule has 0 aliphatic rings. The number of para-hydroxylation sites is 1. The molecule has 5 nitrogen and oxygen atoms in total. The van der Waals surface area contributed by atoms with Crippen LogP contribution < -0.4 is 4.72 Å². The summed E-state index contributed by atoms with van der Waals surface area (Å²) >= 11 is 11.5. The Hall–Kier alpha value is -1.90. The standard InChI is InChI=1S/C13H7Cl2F2NO4S/c14-7-4-6(13(19)20)5-10(11(7)15)23(21,22)18-12-8(16)2-1-3-9(12)17/h1-5,18H,(H,19,20). The zero-order chi connectivity index (χ0) is 17.4. The van der Waals surface area contributed by atoms with Crippen LogP contribution in [-0.4, -0.2) is 19.5 Å². The number of carbonyl (C=O) groups is 1. The molecule has 122 valence electrons. The lowest BCUT2D eigenvalue weighted by Gasteiger charge is -2.12. The smallest absolute Gasteiger partial charge is 0.335 e. The Morgan fingerprint density at radius 2 is 1.70 bits per heavy atom. The van der Waals surface area contributed by atoms with Crippen molar-refractivity contribution in [3.63, 3.8) is 0 Å². The van der Waals surface area contributed by atoms with Gasteiger partial charge in [0.2, 0.25) is 0 Å². The van der Waals surface area contributed by atoms with Crippen LogP contribution in [0, 0.1) is 11.6 Å². The SMILES string of the molecule is O=C(O)c1cc(Cl)c(Cl)c(S(=O)(=O)Nc2c(F)cccc2F)c1. The molecular formula is C13H7Cl2F2NO4S. The van der Waals surface area contributed by atoms with Gasteiger partial charge in [-0.1, -0.05) is 29.3 Å². The maximum Gasteiger partial charge on any atom is 0.335 e. The van der Waals surface area contributed by atoms with Crippen LogP contribution >= 0.6 is 23.2 Å². The number of carboxylic acid groups (broad SMARTS) is 1. The number of sulfonamides is 1. The first-order valence-corrected chi connectivity index (χ1v) is 8.06. The number of benzene rings is 2. The molecule has 0 unspecified atom stereocenters. The normalized spacial score (nSPS) is 11.3. The lowest BCUT2D eigenvalue weighted by molar-refractivity contribution is 0.0696. The second-order valence-electron chi connectivity index (χ2n) is 4.28. The molecule has 0 amide bonds. The molecule has 0 atom stereocenters. The topological polar surface area (TPSA) is 83.5 Å². The minimum atomic E-state index is -4.58. The highest BCUT2D eigenvalue weighted by molar-refractivity contribution is 7.92. The molecule has 0 saturated heterocycles. The Balaban J connectivity index is 2.59. The van der Waals surface area contributed by atoms with Gasteiger partial charge in [0.05, 0.1) is 15.6 Å². The molecule has 10 heteroatoms. The zero-order valence-corrected chi connectivity index (χ0v) is 13.3. The Kier molecular flexibility index (Phi) is 4.79. The van der Waals surface area contributed by atoms with Crippen molar-refractivity contribution in [3.8, 4) is 0 Å². The second kappa shape index (κ2) is 6.31. The summed E-state index contributed by atoms with van der Waals surface area (Å²) in [6.07, 6.45) is 0. The maximum absolute atomic E-state index is 13.6. The molecule has 0 fully saturated rings. The van der Waals surface area contributed by atoms with E-state index in [-0.39, 0.29) is 5.02 Å².